The number of pyridine rings is 2. The standard InChI is InChI=1S/C13H12N4S/c1-18-17-5-3-10-11(7-15-8-12(10)17)9-2-4-16-13(14)6-9/h2-8H,1H3,(H2,14,16). The van der Waals surface area contributed by atoms with Crippen molar-refractivity contribution in [3.8, 4) is 11.1 Å². The average molecular weight is 256 g/mol. The molecule has 4 nitrogen and oxygen atoms in total. The fourth-order valence-electron chi connectivity index (χ4n) is 2.04. The summed E-state index contributed by atoms with van der Waals surface area (Å²) >= 11 is 1.65. The molecule has 0 aromatic carbocycles. The van der Waals surface area contributed by atoms with E-state index in [9.17, 15) is 0 Å². The van der Waals surface area contributed by atoms with Gasteiger partial charge in [0, 0.05) is 35.8 Å². The first kappa shape index (κ1) is 11.1. The summed E-state index contributed by atoms with van der Waals surface area (Å²) in [4.78, 5) is 8.32. The van der Waals surface area contributed by atoms with Gasteiger partial charge >= 0.3 is 0 Å². The fraction of sp³-hybridized carbons (Fsp3) is 0.0769. The van der Waals surface area contributed by atoms with Gasteiger partial charge in [-0.05, 0) is 35.7 Å². The van der Waals surface area contributed by atoms with Crippen LogP contribution < -0.4 is 5.73 Å². The molecule has 90 valence electrons. The maximum absolute atomic E-state index is 5.73. The molecule has 0 saturated heterocycles. The van der Waals surface area contributed by atoms with Gasteiger partial charge in [-0.3, -0.25) is 8.96 Å². The van der Waals surface area contributed by atoms with Crippen molar-refractivity contribution >= 4 is 28.7 Å². The molecule has 0 aliphatic heterocycles. The molecule has 0 aliphatic rings. The first-order chi connectivity index (χ1) is 8.79. The number of nitrogens with zero attached hydrogens (tertiary/aromatic N) is 3. The number of fused-ring (bicyclic) bond motifs is 1. The van der Waals surface area contributed by atoms with E-state index in [2.05, 4.69) is 20.0 Å². The van der Waals surface area contributed by atoms with E-state index in [4.69, 9.17) is 5.73 Å². The Morgan fingerprint density at radius 3 is 2.94 bits per heavy atom. The smallest absolute Gasteiger partial charge is 0.123 e. The van der Waals surface area contributed by atoms with Crippen molar-refractivity contribution in [3.05, 3.63) is 43.0 Å². The Hall–Kier alpha value is -2.01. The second kappa shape index (κ2) is 4.34. The van der Waals surface area contributed by atoms with Crippen molar-refractivity contribution in [3.63, 3.8) is 0 Å². The third kappa shape index (κ3) is 1.73. The second-order valence-electron chi connectivity index (χ2n) is 3.91. The third-order valence-electron chi connectivity index (χ3n) is 2.87. The highest BCUT2D eigenvalue weighted by atomic mass is 32.2. The van der Waals surface area contributed by atoms with Crippen molar-refractivity contribution < 1.29 is 0 Å². The molecule has 0 fully saturated rings. The number of aromatic nitrogens is 3. The van der Waals surface area contributed by atoms with Crippen LogP contribution in [-0.2, 0) is 0 Å². The Morgan fingerprint density at radius 1 is 1.28 bits per heavy atom. The van der Waals surface area contributed by atoms with Gasteiger partial charge in [-0.1, -0.05) is 0 Å². The van der Waals surface area contributed by atoms with Gasteiger partial charge < -0.3 is 5.73 Å². The zero-order chi connectivity index (χ0) is 12.5. The lowest BCUT2D eigenvalue weighted by atomic mass is 10.1. The number of nitrogens with two attached hydrogens (primary N) is 1. The Kier molecular flexibility index (Phi) is 2.68. The van der Waals surface area contributed by atoms with E-state index in [-0.39, 0.29) is 0 Å². The highest BCUT2D eigenvalue weighted by Crippen LogP contribution is 2.30. The summed E-state index contributed by atoms with van der Waals surface area (Å²) in [6, 6.07) is 5.91. The van der Waals surface area contributed by atoms with Gasteiger partial charge in [0.05, 0.1) is 11.7 Å². The van der Waals surface area contributed by atoms with E-state index in [1.54, 1.807) is 18.1 Å². The summed E-state index contributed by atoms with van der Waals surface area (Å²) in [5.74, 6) is 0.522. The Bertz CT molecular complexity index is 705. The molecule has 0 saturated carbocycles. The number of hydrogen-bond donors (Lipinski definition) is 1. The van der Waals surface area contributed by atoms with Gasteiger partial charge in [0.25, 0.3) is 0 Å². The Morgan fingerprint density at radius 2 is 2.17 bits per heavy atom. The van der Waals surface area contributed by atoms with Gasteiger partial charge in [-0.2, -0.15) is 0 Å². The van der Waals surface area contributed by atoms with Crippen LogP contribution in [0.1, 0.15) is 0 Å². The van der Waals surface area contributed by atoms with Crippen LogP contribution in [-0.4, -0.2) is 20.2 Å². The van der Waals surface area contributed by atoms with E-state index in [1.807, 2.05) is 37.0 Å². The largest absolute Gasteiger partial charge is 0.384 e. The quantitative estimate of drug-likeness (QED) is 0.766. The maximum atomic E-state index is 5.73. The maximum Gasteiger partial charge on any atom is 0.123 e. The zero-order valence-electron chi connectivity index (χ0n) is 9.87. The van der Waals surface area contributed by atoms with E-state index in [0.29, 0.717) is 5.82 Å². The molecule has 3 aromatic heterocycles. The topological polar surface area (TPSA) is 56.7 Å². The van der Waals surface area contributed by atoms with Crippen molar-refractivity contribution in [2.45, 2.75) is 0 Å². The molecule has 18 heavy (non-hydrogen) atoms. The monoisotopic (exact) mass is 256 g/mol. The summed E-state index contributed by atoms with van der Waals surface area (Å²) in [7, 11) is 0. The minimum atomic E-state index is 0.522. The normalized spacial score (nSPS) is 10.9. The van der Waals surface area contributed by atoms with Gasteiger partial charge in [0.2, 0.25) is 0 Å². The minimum absolute atomic E-state index is 0.522. The van der Waals surface area contributed by atoms with Gasteiger partial charge in [0.1, 0.15) is 5.82 Å². The Balaban J connectivity index is 2.26. The van der Waals surface area contributed by atoms with Crippen LogP contribution in [0.15, 0.2) is 43.0 Å². The van der Waals surface area contributed by atoms with Crippen LogP contribution in [0.3, 0.4) is 0 Å². The highest BCUT2D eigenvalue weighted by Gasteiger charge is 2.08. The lowest BCUT2D eigenvalue weighted by Crippen LogP contribution is -1.90. The Labute approximate surface area is 109 Å². The van der Waals surface area contributed by atoms with E-state index in [1.165, 1.54) is 5.39 Å². The number of rotatable bonds is 2. The molecule has 5 heteroatoms. The lowest BCUT2D eigenvalue weighted by Gasteiger charge is -2.05. The van der Waals surface area contributed by atoms with Crippen LogP contribution in [0, 0.1) is 0 Å². The molecule has 0 radical (unpaired) electrons. The molecule has 0 bridgehead atoms. The summed E-state index contributed by atoms with van der Waals surface area (Å²) in [5, 5.41) is 1.17. The molecule has 0 aliphatic carbocycles. The predicted molar refractivity (Wildman–Crippen MR) is 76.3 cm³/mol. The molecule has 0 amide bonds. The summed E-state index contributed by atoms with van der Waals surface area (Å²) in [6.45, 7) is 0. The van der Waals surface area contributed by atoms with Gasteiger partial charge in [-0.25, -0.2) is 4.98 Å². The fourth-order valence-corrected chi connectivity index (χ4v) is 2.56. The van der Waals surface area contributed by atoms with Crippen molar-refractivity contribution in [2.75, 3.05) is 12.0 Å². The predicted octanol–water partition coefficient (Wildman–Crippen LogP) is 2.81. The first-order valence-corrected chi connectivity index (χ1v) is 6.69. The van der Waals surface area contributed by atoms with Gasteiger partial charge in [-0.15, -0.1) is 0 Å². The molecule has 0 unspecified atom stereocenters. The highest BCUT2D eigenvalue weighted by molar-refractivity contribution is 7.97. The van der Waals surface area contributed by atoms with E-state index in [0.717, 1.165) is 16.6 Å². The second-order valence-corrected chi connectivity index (χ2v) is 4.67. The summed E-state index contributed by atoms with van der Waals surface area (Å²) in [5.41, 5.74) is 8.96. The average Bonchev–Trinajstić information content (AvgIpc) is 2.81. The van der Waals surface area contributed by atoms with E-state index < -0.39 is 0 Å². The molecular weight excluding hydrogens is 244 g/mol. The van der Waals surface area contributed by atoms with Crippen LogP contribution in [0.4, 0.5) is 5.82 Å². The molecule has 3 rings (SSSR count). The van der Waals surface area contributed by atoms with Crippen molar-refractivity contribution in [2.24, 2.45) is 0 Å². The molecular formula is C13H12N4S. The molecule has 3 aromatic rings. The minimum Gasteiger partial charge on any atom is -0.384 e. The third-order valence-corrected chi connectivity index (χ3v) is 3.58. The van der Waals surface area contributed by atoms with Gasteiger partial charge in [0.15, 0.2) is 0 Å². The molecule has 3 heterocycles. The van der Waals surface area contributed by atoms with Crippen LogP contribution in [0.25, 0.3) is 22.0 Å². The number of hydrogen-bond acceptors (Lipinski definition) is 4. The van der Waals surface area contributed by atoms with Crippen molar-refractivity contribution in [1.82, 2.24) is 13.9 Å². The first-order valence-electron chi connectivity index (χ1n) is 5.51. The summed E-state index contributed by atoms with van der Waals surface area (Å²) in [6.07, 6.45) is 9.54. The molecule has 0 atom stereocenters. The zero-order valence-corrected chi connectivity index (χ0v) is 10.7. The van der Waals surface area contributed by atoms with Crippen LogP contribution in [0.5, 0.6) is 0 Å². The summed E-state index contributed by atoms with van der Waals surface area (Å²) < 4.78 is 2.09. The molecule has 0 spiro atoms. The lowest BCUT2D eigenvalue weighted by molar-refractivity contribution is 1.29. The molecule has 2 N–H and O–H groups in total. The SMILES string of the molecule is CSn1ccc2c(-c3ccnc(N)c3)cncc21. The van der Waals surface area contributed by atoms with Crippen LogP contribution >= 0.6 is 11.9 Å². The number of nitrogen functional groups attached to an aromatic ring is 1. The van der Waals surface area contributed by atoms with Crippen molar-refractivity contribution in [1.29, 1.82) is 0 Å². The number of anilines is 1. The van der Waals surface area contributed by atoms with E-state index >= 15 is 0 Å². The van der Waals surface area contributed by atoms with Crippen LogP contribution in [0.2, 0.25) is 0 Å².